The lowest BCUT2D eigenvalue weighted by molar-refractivity contribution is 0.306. The largest absolute Gasteiger partial charge is 0.489 e. The van der Waals surface area contributed by atoms with E-state index in [1.807, 2.05) is 55.5 Å². The van der Waals surface area contributed by atoms with Crippen LogP contribution in [0.2, 0.25) is 0 Å². The molecule has 0 unspecified atom stereocenters. The van der Waals surface area contributed by atoms with Crippen molar-refractivity contribution in [1.29, 1.82) is 0 Å². The van der Waals surface area contributed by atoms with Crippen LogP contribution in [0, 0.1) is 6.92 Å². The van der Waals surface area contributed by atoms with Crippen LogP contribution < -0.4 is 9.46 Å². The molecule has 1 N–H and O–H groups in total. The molecule has 0 atom stereocenters. The lowest BCUT2D eigenvalue weighted by atomic mass is 10.1. The number of rotatable bonds is 7. The zero-order chi connectivity index (χ0) is 19.9. The number of aryl methyl sites for hydroxylation is 1. The Labute approximate surface area is 175 Å². The van der Waals surface area contributed by atoms with Crippen molar-refractivity contribution < 1.29 is 4.74 Å². The van der Waals surface area contributed by atoms with Gasteiger partial charge in [0.25, 0.3) is 0 Å². The summed E-state index contributed by atoms with van der Waals surface area (Å²) in [7, 11) is 0. The fourth-order valence-corrected chi connectivity index (χ4v) is 3.54. The van der Waals surface area contributed by atoms with Gasteiger partial charge in [0, 0.05) is 10.6 Å². The molecule has 0 bridgehead atoms. The number of nitrogens with one attached hydrogen (secondary N) is 1. The molecule has 1 heterocycles. The minimum Gasteiger partial charge on any atom is -0.489 e. The Morgan fingerprint density at radius 2 is 1.59 bits per heavy atom. The van der Waals surface area contributed by atoms with Crippen LogP contribution in [0.4, 0.5) is 5.82 Å². The zero-order valence-electron chi connectivity index (χ0n) is 16.2. The Bertz CT molecular complexity index is 1070. The maximum absolute atomic E-state index is 5.95. The van der Waals surface area contributed by atoms with Gasteiger partial charge < -0.3 is 9.46 Å². The second kappa shape index (κ2) is 9.30. The van der Waals surface area contributed by atoms with Gasteiger partial charge in [0.1, 0.15) is 18.2 Å². The van der Waals surface area contributed by atoms with E-state index in [0.29, 0.717) is 6.61 Å². The van der Waals surface area contributed by atoms with E-state index in [1.54, 1.807) is 11.9 Å². The number of anilines is 1. The molecule has 0 saturated heterocycles. The van der Waals surface area contributed by atoms with Gasteiger partial charge in [-0.3, -0.25) is 0 Å². The molecule has 0 aliphatic heterocycles. The quantitative estimate of drug-likeness (QED) is 0.349. The van der Waals surface area contributed by atoms with Crippen molar-refractivity contribution in [3.05, 3.63) is 108 Å². The molecule has 0 amide bonds. The molecular formula is C25H22N2OS. The number of hydrogen-bond acceptors (Lipinski definition) is 4. The first kappa shape index (κ1) is 19.1. The molecule has 0 aliphatic rings. The average Bonchev–Trinajstić information content (AvgIpc) is 2.78. The number of ether oxygens (including phenoxy) is 1. The Kier molecular flexibility index (Phi) is 6.13. The Balaban J connectivity index is 1.39. The van der Waals surface area contributed by atoms with Crippen LogP contribution in [0.15, 0.2) is 102 Å². The highest BCUT2D eigenvalue weighted by atomic mass is 32.2. The third-order valence-electron chi connectivity index (χ3n) is 4.43. The summed E-state index contributed by atoms with van der Waals surface area (Å²) in [5.74, 6) is 1.74. The van der Waals surface area contributed by atoms with E-state index >= 15 is 0 Å². The highest BCUT2D eigenvalue weighted by Crippen LogP contribution is 2.27. The first-order valence-corrected chi connectivity index (χ1v) is 10.3. The van der Waals surface area contributed by atoms with E-state index in [-0.39, 0.29) is 0 Å². The molecule has 29 heavy (non-hydrogen) atoms. The second-order valence-electron chi connectivity index (χ2n) is 6.69. The van der Waals surface area contributed by atoms with E-state index in [4.69, 9.17) is 4.74 Å². The first-order chi connectivity index (χ1) is 14.3. The van der Waals surface area contributed by atoms with E-state index in [2.05, 4.69) is 58.2 Å². The molecule has 0 spiro atoms. The van der Waals surface area contributed by atoms with E-state index in [0.717, 1.165) is 38.8 Å². The molecule has 144 valence electrons. The lowest BCUT2D eigenvalue weighted by Crippen LogP contribution is -1.95. The predicted molar refractivity (Wildman–Crippen MR) is 121 cm³/mol. The SMILES string of the molecule is Cc1cccc(NSc2ccc(-c3cccc(OCc4ccccc4)c3)cc2)n1. The molecule has 3 aromatic carbocycles. The normalized spacial score (nSPS) is 10.5. The number of nitrogens with zero attached hydrogens (tertiary/aromatic N) is 1. The maximum atomic E-state index is 5.95. The summed E-state index contributed by atoms with van der Waals surface area (Å²) < 4.78 is 9.24. The van der Waals surface area contributed by atoms with Gasteiger partial charge in [0.05, 0.1) is 0 Å². The van der Waals surface area contributed by atoms with Crippen LogP contribution >= 0.6 is 11.9 Å². The van der Waals surface area contributed by atoms with Crippen LogP contribution in [0.25, 0.3) is 11.1 Å². The Hall–Kier alpha value is -3.24. The summed E-state index contributed by atoms with van der Waals surface area (Å²) in [4.78, 5) is 5.59. The van der Waals surface area contributed by atoms with Crippen LogP contribution in [0.3, 0.4) is 0 Å². The minimum atomic E-state index is 0.568. The number of hydrogen-bond donors (Lipinski definition) is 1. The molecule has 0 aliphatic carbocycles. The van der Waals surface area contributed by atoms with Crippen molar-refractivity contribution in [2.24, 2.45) is 0 Å². The first-order valence-electron chi connectivity index (χ1n) is 9.50. The van der Waals surface area contributed by atoms with Crippen molar-refractivity contribution in [1.82, 2.24) is 4.98 Å². The summed E-state index contributed by atoms with van der Waals surface area (Å²) in [5, 5.41) is 0. The van der Waals surface area contributed by atoms with E-state index in [9.17, 15) is 0 Å². The maximum Gasteiger partial charge on any atom is 0.136 e. The molecule has 0 saturated carbocycles. The summed E-state index contributed by atoms with van der Waals surface area (Å²) in [5.41, 5.74) is 4.46. The van der Waals surface area contributed by atoms with Gasteiger partial charge in [-0.25, -0.2) is 4.98 Å². The van der Waals surface area contributed by atoms with Gasteiger partial charge in [-0.15, -0.1) is 0 Å². The molecule has 3 nitrogen and oxygen atoms in total. The molecule has 0 fully saturated rings. The third kappa shape index (κ3) is 5.39. The van der Waals surface area contributed by atoms with Crippen molar-refractivity contribution >= 4 is 17.8 Å². The minimum absolute atomic E-state index is 0.568. The lowest BCUT2D eigenvalue weighted by Gasteiger charge is -2.09. The van der Waals surface area contributed by atoms with Gasteiger partial charge in [0.15, 0.2) is 0 Å². The molecule has 1 aromatic heterocycles. The monoisotopic (exact) mass is 398 g/mol. The molecular weight excluding hydrogens is 376 g/mol. The summed E-state index contributed by atoms with van der Waals surface area (Å²) >= 11 is 1.56. The number of pyridine rings is 1. The Morgan fingerprint density at radius 1 is 0.793 bits per heavy atom. The number of aromatic nitrogens is 1. The standard InChI is InChI=1S/C25H22N2OS/c1-19-7-5-12-25(26-19)27-29-24-15-13-21(14-16-24)22-10-6-11-23(17-22)28-18-20-8-3-2-4-9-20/h2-17H,18H2,1H3,(H,26,27). The molecule has 0 radical (unpaired) electrons. The van der Waals surface area contributed by atoms with Gasteiger partial charge in [0.2, 0.25) is 0 Å². The van der Waals surface area contributed by atoms with E-state index in [1.165, 1.54) is 0 Å². The highest BCUT2D eigenvalue weighted by molar-refractivity contribution is 8.00. The van der Waals surface area contributed by atoms with Crippen LogP contribution in [-0.4, -0.2) is 4.98 Å². The topological polar surface area (TPSA) is 34.1 Å². The zero-order valence-corrected chi connectivity index (χ0v) is 17.0. The van der Waals surface area contributed by atoms with Crippen molar-refractivity contribution in [2.75, 3.05) is 4.72 Å². The summed E-state index contributed by atoms with van der Waals surface area (Å²) in [6.45, 7) is 2.56. The van der Waals surface area contributed by atoms with Crippen LogP contribution in [0.5, 0.6) is 5.75 Å². The van der Waals surface area contributed by atoms with Crippen LogP contribution in [-0.2, 0) is 6.61 Å². The van der Waals surface area contributed by atoms with E-state index < -0.39 is 0 Å². The average molecular weight is 399 g/mol. The summed E-state index contributed by atoms with van der Waals surface area (Å²) in [6.07, 6.45) is 0. The van der Waals surface area contributed by atoms with Crippen molar-refractivity contribution in [3.63, 3.8) is 0 Å². The van der Waals surface area contributed by atoms with Gasteiger partial charge >= 0.3 is 0 Å². The number of benzene rings is 3. The van der Waals surface area contributed by atoms with Gasteiger partial charge in [-0.2, -0.15) is 0 Å². The van der Waals surface area contributed by atoms with Gasteiger partial charge in [-0.1, -0.05) is 60.7 Å². The van der Waals surface area contributed by atoms with Gasteiger partial charge in [-0.05, 0) is 72.0 Å². The summed E-state index contributed by atoms with van der Waals surface area (Å²) in [6, 6.07) is 32.9. The fourth-order valence-electron chi connectivity index (χ4n) is 2.93. The van der Waals surface area contributed by atoms with Crippen molar-refractivity contribution in [3.8, 4) is 16.9 Å². The molecule has 4 rings (SSSR count). The second-order valence-corrected chi connectivity index (χ2v) is 7.57. The van der Waals surface area contributed by atoms with Crippen molar-refractivity contribution in [2.45, 2.75) is 18.4 Å². The Morgan fingerprint density at radius 3 is 2.38 bits per heavy atom. The smallest absolute Gasteiger partial charge is 0.136 e. The third-order valence-corrected chi connectivity index (χ3v) is 5.25. The highest BCUT2D eigenvalue weighted by Gasteiger charge is 2.03. The molecule has 4 heteroatoms. The predicted octanol–water partition coefficient (Wildman–Crippen LogP) is 6.76. The molecule has 4 aromatic rings. The fraction of sp³-hybridized carbons (Fsp3) is 0.0800. The van der Waals surface area contributed by atoms with Crippen LogP contribution in [0.1, 0.15) is 11.3 Å².